The first-order chi connectivity index (χ1) is 11.6. The molecule has 7 nitrogen and oxygen atoms in total. The Bertz CT molecular complexity index is 677. The Balaban J connectivity index is 1.53. The molecule has 3 rings (SSSR count). The minimum atomic E-state index is -0.143. The van der Waals surface area contributed by atoms with E-state index >= 15 is 0 Å². The van der Waals surface area contributed by atoms with Gasteiger partial charge in [0.25, 0.3) is 0 Å². The summed E-state index contributed by atoms with van der Waals surface area (Å²) in [6.07, 6.45) is 0. The molecule has 2 aromatic rings. The highest BCUT2D eigenvalue weighted by Gasteiger charge is 2.22. The molecule has 1 aliphatic heterocycles. The number of hydrogen-bond acceptors (Lipinski definition) is 6. The van der Waals surface area contributed by atoms with E-state index in [4.69, 9.17) is 9.26 Å². The molecule has 0 bridgehead atoms. The van der Waals surface area contributed by atoms with Crippen LogP contribution in [0.1, 0.15) is 18.4 Å². The van der Waals surface area contributed by atoms with E-state index in [9.17, 15) is 4.79 Å². The molecule has 1 aliphatic rings. The van der Waals surface area contributed by atoms with Gasteiger partial charge < -0.3 is 14.6 Å². The molecule has 2 heterocycles. The molecule has 128 valence electrons. The Morgan fingerprint density at radius 1 is 1.29 bits per heavy atom. The number of benzene rings is 1. The summed E-state index contributed by atoms with van der Waals surface area (Å²) in [5, 5.41) is 6.88. The van der Waals surface area contributed by atoms with Gasteiger partial charge in [-0.1, -0.05) is 29.4 Å². The lowest BCUT2D eigenvalue weighted by molar-refractivity contribution is -0.127. The summed E-state index contributed by atoms with van der Waals surface area (Å²) < 4.78 is 10.3. The van der Waals surface area contributed by atoms with Crippen LogP contribution in [0.4, 0.5) is 0 Å². The third-order valence-corrected chi connectivity index (χ3v) is 4.18. The van der Waals surface area contributed by atoms with Gasteiger partial charge in [0.05, 0.1) is 19.3 Å². The van der Waals surface area contributed by atoms with Crippen molar-refractivity contribution in [3.63, 3.8) is 0 Å². The number of morpholine rings is 1. The zero-order valence-corrected chi connectivity index (χ0v) is 14.0. The molecule has 24 heavy (non-hydrogen) atoms. The Morgan fingerprint density at radius 2 is 2.00 bits per heavy atom. The van der Waals surface area contributed by atoms with Crippen molar-refractivity contribution in [3.05, 3.63) is 35.7 Å². The number of amides is 1. The van der Waals surface area contributed by atoms with Crippen molar-refractivity contribution in [3.8, 4) is 11.4 Å². The maximum atomic E-state index is 12.3. The number of nitrogens with zero attached hydrogens (tertiary/aromatic N) is 3. The number of nitrogens with one attached hydrogen (secondary N) is 1. The molecule has 0 spiro atoms. The molecule has 1 atom stereocenters. The fourth-order valence-electron chi connectivity index (χ4n) is 2.66. The Hall–Kier alpha value is -2.25. The SMILES string of the molecule is Cc1nc(-c2ccc(CNC(=O)[C@@H](C)N3CCOCC3)cc2)no1. The maximum Gasteiger partial charge on any atom is 0.237 e. The van der Waals surface area contributed by atoms with E-state index in [-0.39, 0.29) is 11.9 Å². The average molecular weight is 330 g/mol. The van der Waals surface area contributed by atoms with Gasteiger partial charge in [-0.25, -0.2) is 0 Å². The van der Waals surface area contributed by atoms with E-state index in [1.165, 1.54) is 0 Å². The molecular weight excluding hydrogens is 308 g/mol. The Labute approximate surface area is 141 Å². The first-order valence-corrected chi connectivity index (χ1v) is 8.12. The molecule has 1 N–H and O–H groups in total. The van der Waals surface area contributed by atoms with Crippen LogP contribution in [0.15, 0.2) is 28.8 Å². The molecule has 1 amide bonds. The van der Waals surface area contributed by atoms with Gasteiger partial charge in [0, 0.05) is 32.1 Å². The lowest BCUT2D eigenvalue weighted by atomic mass is 10.1. The summed E-state index contributed by atoms with van der Waals surface area (Å²) in [4.78, 5) is 18.6. The lowest BCUT2D eigenvalue weighted by Gasteiger charge is -2.31. The summed E-state index contributed by atoms with van der Waals surface area (Å²) in [5.41, 5.74) is 1.92. The molecule has 1 saturated heterocycles. The quantitative estimate of drug-likeness (QED) is 0.892. The monoisotopic (exact) mass is 330 g/mol. The normalized spacial score (nSPS) is 16.8. The zero-order chi connectivity index (χ0) is 16.9. The van der Waals surface area contributed by atoms with E-state index in [0.29, 0.717) is 31.5 Å². The molecule has 0 aliphatic carbocycles. The molecule has 0 radical (unpaired) electrons. The number of carbonyl (C=O) groups excluding carboxylic acids is 1. The molecule has 1 fully saturated rings. The van der Waals surface area contributed by atoms with Crippen molar-refractivity contribution in [1.82, 2.24) is 20.4 Å². The number of aryl methyl sites for hydroxylation is 1. The molecule has 0 saturated carbocycles. The second-order valence-electron chi connectivity index (χ2n) is 5.88. The van der Waals surface area contributed by atoms with Gasteiger partial charge >= 0.3 is 0 Å². The highest BCUT2D eigenvalue weighted by atomic mass is 16.5. The molecular formula is C17H22N4O3. The van der Waals surface area contributed by atoms with E-state index in [1.54, 1.807) is 6.92 Å². The van der Waals surface area contributed by atoms with Crippen LogP contribution in [0.5, 0.6) is 0 Å². The van der Waals surface area contributed by atoms with Crippen LogP contribution in [0, 0.1) is 6.92 Å². The smallest absolute Gasteiger partial charge is 0.237 e. The molecule has 0 unspecified atom stereocenters. The third kappa shape index (κ3) is 3.98. The number of rotatable bonds is 5. The van der Waals surface area contributed by atoms with Crippen LogP contribution in [-0.2, 0) is 16.1 Å². The predicted molar refractivity (Wildman–Crippen MR) is 88.2 cm³/mol. The Kier molecular flexibility index (Phi) is 5.22. The van der Waals surface area contributed by atoms with Crippen LogP contribution in [-0.4, -0.2) is 53.3 Å². The fraction of sp³-hybridized carbons (Fsp3) is 0.471. The van der Waals surface area contributed by atoms with Crippen molar-refractivity contribution in [1.29, 1.82) is 0 Å². The Morgan fingerprint density at radius 3 is 2.62 bits per heavy atom. The van der Waals surface area contributed by atoms with Gasteiger partial charge in [0.2, 0.25) is 17.6 Å². The standard InChI is InChI=1S/C17H22N4O3/c1-12(21-7-9-23-10-8-21)17(22)18-11-14-3-5-15(6-4-14)16-19-13(2)24-20-16/h3-6,12H,7-11H2,1-2H3,(H,18,22)/t12-/m1/s1. The van der Waals surface area contributed by atoms with Gasteiger partial charge in [0.1, 0.15) is 0 Å². The highest BCUT2D eigenvalue weighted by molar-refractivity contribution is 5.81. The van der Waals surface area contributed by atoms with Crippen LogP contribution in [0.3, 0.4) is 0 Å². The average Bonchev–Trinajstić information content (AvgIpc) is 3.06. The van der Waals surface area contributed by atoms with Crippen molar-refractivity contribution < 1.29 is 14.1 Å². The fourth-order valence-corrected chi connectivity index (χ4v) is 2.66. The molecule has 1 aromatic heterocycles. The second kappa shape index (κ2) is 7.55. The van der Waals surface area contributed by atoms with Crippen molar-refractivity contribution in [2.24, 2.45) is 0 Å². The molecule has 1 aromatic carbocycles. The number of aromatic nitrogens is 2. The number of carbonyl (C=O) groups is 1. The summed E-state index contributed by atoms with van der Waals surface area (Å²) >= 11 is 0. The number of hydrogen-bond donors (Lipinski definition) is 1. The van der Waals surface area contributed by atoms with Crippen molar-refractivity contribution in [2.45, 2.75) is 26.4 Å². The van der Waals surface area contributed by atoms with Crippen LogP contribution in [0.2, 0.25) is 0 Å². The highest BCUT2D eigenvalue weighted by Crippen LogP contribution is 2.16. The summed E-state index contributed by atoms with van der Waals surface area (Å²) in [5.74, 6) is 1.15. The van der Waals surface area contributed by atoms with Crippen molar-refractivity contribution >= 4 is 5.91 Å². The topological polar surface area (TPSA) is 80.5 Å². The van der Waals surface area contributed by atoms with E-state index in [2.05, 4.69) is 20.4 Å². The van der Waals surface area contributed by atoms with Gasteiger partial charge in [-0.15, -0.1) is 0 Å². The van der Waals surface area contributed by atoms with Gasteiger partial charge in [-0.2, -0.15) is 4.98 Å². The van der Waals surface area contributed by atoms with E-state index in [1.807, 2.05) is 31.2 Å². The van der Waals surface area contributed by atoms with E-state index < -0.39 is 0 Å². The summed E-state index contributed by atoms with van der Waals surface area (Å²) in [6.45, 7) is 7.17. The lowest BCUT2D eigenvalue weighted by Crippen LogP contribution is -2.49. The summed E-state index contributed by atoms with van der Waals surface area (Å²) in [7, 11) is 0. The van der Waals surface area contributed by atoms with Gasteiger partial charge in [-0.3, -0.25) is 9.69 Å². The van der Waals surface area contributed by atoms with Crippen LogP contribution < -0.4 is 5.32 Å². The van der Waals surface area contributed by atoms with Crippen LogP contribution in [0.25, 0.3) is 11.4 Å². The predicted octanol–water partition coefficient (Wildman–Crippen LogP) is 1.38. The molecule has 7 heteroatoms. The van der Waals surface area contributed by atoms with Gasteiger partial charge in [0.15, 0.2) is 0 Å². The summed E-state index contributed by atoms with van der Waals surface area (Å²) in [6, 6.07) is 7.63. The second-order valence-corrected chi connectivity index (χ2v) is 5.88. The first kappa shape index (κ1) is 16.6. The number of ether oxygens (including phenoxy) is 1. The zero-order valence-electron chi connectivity index (χ0n) is 14.0. The third-order valence-electron chi connectivity index (χ3n) is 4.18. The van der Waals surface area contributed by atoms with E-state index in [0.717, 1.165) is 24.2 Å². The van der Waals surface area contributed by atoms with Gasteiger partial charge in [-0.05, 0) is 12.5 Å². The van der Waals surface area contributed by atoms with Crippen LogP contribution >= 0.6 is 0 Å². The maximum absolute atomic E-state index is 12.3. The largest absolute Gasteiger partial charge is 0.379 e. The first-order valence-electron chi connectivity index (χ1n) is 8.12. The van der Waals surface area contributed by atoms with Crippen molar-refractivity contribution in [2.75, 3.05) is 26.3 Å². The minimum absolute atomic E-state index is 0.0368. The minimum Gasteiger partial charge on any atom is -0.379 e.